The van der Waals surface area contributed by atoms with Crippen LogP contribution in [0.25, 0.3) is 16.2 Å². The fraction of sp³-hybridized carbons (Fsp3) is 0.292. The summed E-state index contributed by atoms with van der Waals surface area (Å²) in [6.45, 7) is 5.59. The van der Waals surface area contributed by atoms with Crippen LogP contribution in [0.4, 0.5) is 18.9 Å². The number of hydrogen-bond donors (Lipinski definition) is 0. The van der Waals surface area contributed by atoms with Crippen molar-refractivity contribution in [2.45, 2.75) is 26.1 Å². The van der Waals surface area contributed by atoms with Gasteiger partial charge < -0.3 is 9.80 Å². The van der Waals surface area contributed by atoms with E-state index in [2.05, 4.69) is 21.0 Å². The van der Waals surface area contributed by atoms with E-state index in [1.54, 1.807) is 22.4 Å². The second-order valence-corrected chi connectivity index (χ2v) is 9.38. The van der Waals surface area contributed by atoms with Crippen LogP contribution < -0.4 is 4.90 Å². The van der Waals surface area contributed by atoms with Crippen molar-refractivity contribution in [2.75, 3.05) is 24.5 Å². The maximum absolute atomic E-state index is 13.8. The molecule has 1 amide bonds. The molecule has 0 N–H and O–H groups in total. The van der Waals surface area contributed by atoms with Gasteiger partial charge in [-0.1, -0.05) is 18.2 Å². The number of carbonyl (C=O) groups is 1. The summed E-state index contributed by atoms with van der Waals surface area (Å²) in [6.07, 6.45) is -3.46. The van der Waals surface area contributed by atoms with Crippen molar-refractivity contribution in [3.63, 3.8) is 0 Å². The number of halogens is 3. The van der Waals surface area contributed by atoms with Gasteiger partial charge in [-0.15, -0.1) is 11.3 Å². The average molecular weight is 486 g/mol. The first-order valence-electron chi connectivity index (χ1n) is 10.8. The first-order chi connectivity index (χ1) is 16.2. The lowest BCUT2D eigenvalue weighted by Gasteiger charge is -2.41. The molecule has 1 aliphatic rings. The number of aryl methyl sites for hydroxylation is 1. The number of thiophene rings is 1. The van der Waals surface area contributed by atoms with Gasteiger partial charge in [-0.3, -0.25) is 4.79 Å². The van der Waals surface area contributed by atoms with Crippen molar-refractivity contribution in [1.29, 1.82) is 0 Å². The quantitative estimate of drug-likeness (QED) is 0.404. The monoisotopic (exact) mass is 485 g/mol. The Labute approximate surface area is 198 Å². The molecule has 10 heteroatoms. The van der Waals surface area contributed by atoms with Gasteiger partial charge in [0.1, 0.15) is 5.56 Å². The molecule has 0 saturated carbocycles. The summed E-state index contributed by atoms with van der Waals surface area (Å²) in [6, 6.07) is 12.7. The third kappa shape index (κ3) is 4.02. The molecule has 6 nitrogen and oxygen atoms in total. The molecule has 1 aliphatic heterocycles. The van der Waals surface area contributed by atoms with Gasteiger partial charge in [-0.05, 0) is 49.1 Å². The third-order valence-corrected chi connectivity index (χ3v) is 6.91. The molecule has 1 fully saturated rings. The Morgan fingerprint density at radius 2 is 1.97 bits per heavy atom. The summed E-state index contributed by atoms with van der Waals surface area (Å²) >= 11 is 1.29. The van der Waals surface area contributed by atoms with E-state index >= 15 is 0 Å². The number of amides is 1. The molecule has 0 bridgehead atoms. The predicted molar refractivity (Wildman–Crippen MR) is 125 cm³/mol. The number of aromatic nitrogens is 3. The van der Waals surface area contributed by atoms with Crippen molar-refractivity contribution in [1.82, 2.24) is 19.5 Å². The normalized spacial score (nSPS) is 16.9. The van der Waals surface area contributed by atoms with Gasteiger partial charge in [0.2, 0.25) is 0 Å². The highest BCUT2D eigenvalue weighted by Gasteiger charge is 2.37. The van der Waals surface area contributed by atoms with Crippen LogP contribution in [0.15, 0.2) is 54.0 Å². The van der Waals surface area contributed by atoms with Crippen molar-refractivity contribution < 1.29 is 18.0 Å². The number of nitrogens with zero attached hydrogens (tertiary/aromatic N) is 5. The Kier molecular flexibility index (Phi) is 5.55. The number of carbonyl (C=O) groups excluding carboxylic acids is 1. The highest BCUT2D eigenvalue weighted by atomic mass is 32.1. The predicted octanol–water partition coefficient (Wildman–Crippen LogP) is 5.14. The number of benzene rings is 1. The molecule has 3 aromatic heterocycles. The number of fused-ring (bicyclic) bond motifs is 1. The van der Waals surface area contributed by atoms with Gasteiger partial charge >= 0.3 is 6.18 Å². The number of alkyl halides is 3. The molecule has 1 saturated heterocycles. The number of piperazine rings is 1. The zero-order valence-electron chi connectivity index (χ0n) is 18.6. The topological polar surface area (TPSA) is 53.7 Å². The van der Waals surface area contributed by atoms with Crippen LogP contribution in [-0.2, 0) is 6.18 Å². The van der Waals surface area contributed by atoms with Crippen LogP contribution in [-0.4, -0.2) is 51.1 Å². The molecule has 1 aromatic carbocycles. The minimum atomic E-state index is -4.65. The van der Waals surface area contributed by atoms with Gasteiger partial charge in [0, 0.05) is 31.4 Å². The van der Waals surface area contributed by atoms with Crippen molar-refractivity contribution in [3.8, 4) is 10.6 Å². The Balaban J connectivity index is 1.48. The van der Waals surface area contributed by atoms with E-state index < -0.39 is 11.9 Å². The van der Waals surface area contributed by atoms with Gasteiger partial charge in [0.15, 0.2) is 11.3 Å². The van der Waals surface area contributed by atoms with E-state index in [0.717, 1.165) is 21.8 Å². The van der Waals surface area contributed by atoms with Crippen LogP contribution in [0.2, 0.25) is 0 Å². The minimum Gasteiger partial charge on any atom is -0.365 e. The second kappa shape index (κ2) is 8.43. The summed E-state index contributed by atoms with van der Waals surface area (Å²) in [5, 5.41) is 5.66. The van der Waals surface area contributed by atoms with E-state index in [0.29, 0.717) is 24.5 Å². The molecule has 0 spiro atoms. The maximum atomic E-state index is 13.8. The lowest BCUT2D eigenvalue weighted by atomic mass is 10.1. The van der Waals surface area contributed by atoms with Crippen LogP contribution in [0.1, 0.15) is 28.5 Å². The van der Waals surface area contributed by atoms with E-state index in [4.69, 9.17) is 0 Å². The fourth-order valence-electron chi connectivity index (χ4n) is 4.37. The molecule has 4 aromatic rings. The largest absolute Gasteiger partial charge is 0.433 e. The van der Waals surface area contributed by atoms with Gasteiger partial charge in [-0.25, -0.2) is 9.50 Å². The van der Waals surface area contributed by atoms with E-state index in [1.807, 2.05) is 32.0 Å². The van der Waals surface area contributed by atoms with Crippen molar-refractivity contribution >= 4 is 28.6 Å². The molecule has 5 rings (SSSR count). The lowest BCUT2D eigenvalue weighted by molar-refractivity contribution is -0.142. The van der Waals surface area contributed by atoms with E-state index in [1.165, 1.54) is 17.5 Å². The SMILES string of the molecule is Cc1cccc(N2CCN(C(=O)c3cnn4c(C(F)(F)F)cc(-c5cccs5)nc34)C[C@H]2C)c1. The standard InChI is InChI=1S/C24H22F3N5OS/c1-15-5-3-6-17(11-15)31-9-8-30(14-16(31)2)23(33)18-13-28-32-21(24(25,26)27)12-19(29-22(18)32)20-7-4-10-34-20/h3-7,10-13,16H,8-9,14H2,1-2H3/t16-/m1/s1. The minimum absolute atomic E-state index is 0.0433. The second-order valence-electron chi connectivity index (χ2n) is 8.43. The van der Waals surface area contributed by atoms with Gasteiger partial charge in [-0.2, -0.15) is 18.3 Å². The number of rotatable bonds is 3. The number of anilines is 1. The summed E-state index contributed by atoms with van der Waals surface area (Å²) < 4.78 is 42.1. The van der Waals surface area contributed by atoms with Crippen LogP contribution >= 0.6 is 11.3 Å². The Morgan fingerprint density at radius 3 is 2.65 bits per heavy atom. The van der Waals surface area contributed by atoms with Crippen LogP contribution in [0, 0.1) is 6.92 Å². The van der Waals surface area contributed by atoms with E-state index in [-0.39, 0.29) is 28.9 Å². The molecule has 1 atom stereocenters. The molecule has 176 valence electrons. The summed E-state index contributed by atoms with van der Waals surface area (Å²) in [5.41, 5.74) is 1.44. The summed E-state index contributed by atoms with van der Waals surface area (Å²) in [4.78, 5) is 22.3. The zero-order valence-corrected chi connectivity index (χ0v) is 19.4. The fourth-order valence-corrected chi connectivity index (χ4v) is 5.06. The van der Waals surface area contributed by atoms with Gasteiger partial charge in [0.25, 0.3) is 5.91 Å². The Morgan fingerprint density at radius 1 is 1.15 bits per heavy atom. The first kappa shape index (κ1) is 22.4. The highest BCUT2D eigenvalue weighted by Crippen LogP contribution is 2.34. The first-order valence-corrected chi connectivity index (χ1v) is 11.7. The summed E-state index contributed by atoms with van der Waals surface area (Å²) in [5.74, 6) is -0.366. The summed E-state index contributed by atoms with van der Waals surface area (Å²) in [7, 11) is 0. The molecule has 0 unspecified atom stereocenters. The van der Waals surface area contributed by atoms with Crippen molar-refractivity contribution in [3.05, 3.63) is 70.9 Å². The van der Waals surface area contributed by atoms with Gasteiger partial charge in [0.05, 0.1) is 16.8 Å². The average Bonchev–Trinajstić information content (AvgIpc) is 3.47. The number of hydrogen-bond acceptors (Lipinski definition) is 5. The molecule has 34 heavy (non-hydrogen) atoms. The molecule has 0 radical (unpaired) electrons. The zero-order chi connectivity index (χ0) is 24.0. The Hall–Kier alpha value is -3.40. The van der Waals surface area contributed by atoms with Crippen LogP contribution in [0.5, 0.6) is 0 Å². The molecular weight excluding hydrogens is 463 g/mol. The smallest absolute Gasteiger partial charge is 0.365 e. The van der Waals surface area contributed by atoms with E-state index in [9.17, 15) is 18.0 Å². The molecule has 4 heterocycles. The maximum Gasteiger partial charge on any atom is 0.433 e. The third-order valence-electron chi connectivity index (χ3n) is 6.01. The Bertz CT molecular complexity index is 1350. The lowest BCUT2D eigenvalue weighted by Crippen LogP contribution is -2.53. The molecule has 0 aliphatic carbocycles. The van der Waals surface area contributed by atoms with Crippen molar-refractivity contribution in [2.24, 2.45) is 0 Å². The van der Waals surface area contributed by atoms with Crippen LogP contribution in [0.3, 0.4) is 0 Å². The highest BCUT2D eigenvalue weighted by molar-refractivity contribution is 7.13. The molecular formula is C24H22F3N5OS.